The van der Waals surface area contributed by atoms with Crippen molar-refractivity contribution in [3.8, 4) is 0 Å². The molecule has 2 rings (SSSR count). The minimum absolute atomic E-state index is 0.437. The van der Waals surface area contributed by atoms with E-state index in [0.717, 1.165) is 44.9 Å². The lowest BCUT2D eigenvalue weighted by Gasteiger charge is -1.90. The topological polar surface area (TPSA) is 25.1 Å². The zero-order chi connectivity index (χ0) is 16.3. The van der Waals surface area contributed by atoms with Gasteiger partial charge in [-0.3, -0.25) is 0 Å². The maximum Gasteiger partial charge on any atom is 0.0879 e. The quantitative estimate of drug-likeness (QED) is 0.254. The smallest absolute Gasteiger partial charge is 0.0879 e. The Morgan fingerprint density at radius 3 is 1.65 bits per heavy atom. The molecule has 0 N–H and O–H groups in total. The molecule has 0 saturated carbocycles. The van der Waals surface area contributed by atoms with E-state index in [9.17, 15) is 0 Å². The molecule has 0 aromatic heterocycles. The van der Waals surface area contributed by atoms with Crippen molar-refractivity contribution in [3.63, 3.8) is 0 Å². The van der Waals surface area contributed by atoms with E-state index in [0.29, 0.717) is 24.4 Å². The highest BCUT2D eigenvalue weighted by Crippen LogP contribution is 2.31. The second kappa shape index (κ2) is 10.6. The Bertz CT molecular complexity index is 422. The summed E-state index contributed by atoms with van der Waals surface area (Å²) < 4.78 is 11.3. The van der Waals surface area contributed by atoms with Gasteiger partial charge < -0.3 is 9.47 Å². The van der Waals surface area contributed by atoms with E-state index in [4.69, 9.17) is 9.47 Å². The van der Waals surface area contributed by atoms with Crippen molar-refractivity contribution in [1.29, 1.82) is 0 Å². The van der Waals surface area contributed by atoms with Crippen LogP contribution in [-0.4, -0.2) is 24.4 Å². The van der Waals surface area contributed by atoms with Crippen LogP contribution in [0.3, 0.4) is 0 Å². The number of allylic oxidation sites excluding steroid dienone is 3. The van der Waals surface area contributed by atoms with Crippen LogP contribution in [0.25, 0.3) is 0 Å². The molecule has 4 unspecified atom stereocenters. The molecule has 23 heavy (non-hydrogen) atoms. The third-order valence-corrected chi connectivity index (χ3v) is 4.36. The van der Waals surface area contributed by atoms with Crippen LogP contribution in [0.15, 0.2) is 49.1 Å². The summed E-state index contributed by atoms with van der Waals surface area (Å²) in [4.78, 5) is 0. The fourth-order valence-electron chi connectivity index (χ4n) is 2.77. The third-order valence-electron chi connectivity index (χ3n) is 4.36. The molecule has 2 heteroatoms. The van der Waals surface area contributed by atoms with Gasteiger partial charge >= 0.3 is 0 Å². The van der Waals surface area contributed by atoms with E-state index >= 15 is 0 Å². The average Bonchev–Trinajstić information content (AvgIpc) is 3.45. The highest BCUT2D eigenvalue weighted by molar-refractivity contribution is 5.01. The normalized spacial score (nSPS) is 29.8. The molecule has 2 heterocycles. The van der Waals surface area contributed by atoms with Gasteiger partial charge in [0.25, 0.3) is 0 Å². The molecule has 2 fully saturated rings. The molecule has 0 aliphatic carbocycles. The Morgan fingerprint density at radius 1 is 0.696 bits per heavy atom. The molecule has 2 nitrogen and oxygen atoms in total. The van der Waals surface area contributed by atoms with Crippen molar-refractivity contribution >= 4 is 0 Å². The Kier molecular flexibility index (Phi) is 8.41. The molecule has 2 aliphatic rings. The Balaban J connectivity index is 1.44. The summed E-state index contributed by atoms with van der Waals surface area (Å²) in [5, 5.41) is 0. The van der Waals surface area contributed by atoms with Gasteiger partial charge in [0.15, 0.2) is 0 Å². The summed E-state index contributed by atoms with van der Waals surface area (Å²) in [7, 11) is 0. The molecule has 0 aromatic carbocycles. The van der Waals surface area contributed by atoms with Gasteiger partial charge in [0.2, 0.25) is 0 Å². The summed E-state index contributed by atoms with van der Waals surface area (Å²) in [5.41, 5.74) is 0. The summed E-state index contributed by atoms with van der Waals surface area (Å²) in [6, 6.07) is 0. The molecule has 0 spiro atoms. The molecule has 128 valence electrons. The third kappa shape index (κ3) is 7.81. The molecule has 2 aliphatic heterocycles. The Hall–Kier alpha value is -1.12. The van der Waals surface area contributed by atoms with Crippen LogP contribution in [0.5, 0.6) is 0 Å². The van der Waals surface area contributed by atoms with Gasteiger partial charge in [-0.25, -0.2) is 0 Å². The number of unbranched alkanes of at least 4 members (excludes halogenated alkanes) is 2. The van der Waals surface area contributed by atoms with Gasteiger partial charge in [0, 0.05) is 0 Å². The highest BCUT2D eigenvalue weighted by atomic mass is 16.6. The van der Waals surface area contributed by atoms with Gasteiger partial charge in [-0.05, 0) is 51.4 Å². The van der Waals surface area contributed by atoms with Crippen LogP contribution in [0.4, 0.5) is 0 Å². The first kappa shape index (κ1) is 18.2. The fraction of sp³-hybridized carbons (Fsp3) is 0.619. The van der Waals surface area contributed by atoms with Crippen LogP contribution in [-0.2, 0) is 9.47 Å². The zero-order valence-corrected chi connectivity index (χ0v) is 14.5. The minimum atomic E-state index is 0.437. The first-order chi connectivity index (χ1) is 11.3. The maximum absolute atomic E-state index is 5.69. The molecular weight excluding hydrogens is 284 g/mol. The SMILES string of the molecule is C=CCCCC=CCC1OC1CC=CCC1OC1CC=CCC. The van der Waals surface area contributed by atoms with E-state index in [1.165, 1.54) is 6.42 Å². The number of rotatable bonds is 13. The summed E-state index contributed by atoms with van der Waals surface area (Å²) >= 11 is 0. The molecule has 2 saturated heterocycles. The van der Waals surface area contributed by atoms with Crippen molar-refractivity contribution < 1.29 is 9.47 Å². The van der Waals surface area contributed by atoms with Crippen LogP contribution >= 0.6 is 0 Å². The number of epoxide rings is 2. The summed E-state index contributed by atoms with van der Waals surface area (Å²) in [6.07, 6.45) is 26.1. The first-order valence-corrected chi connectivity index (χ1v) is 9.22. The monoisotopic (exact) mass is 316 g/mol. The predicted octanol–water partition coefficient (Wildman–Crippen LogP) is 5.52. The van der Waals surface area contributed by atoms with Crippen LogP contribution < -0.4 is 0 Å². The van der Waals surface area contributed by atoms with Gasteiger partial charge in [-0.15, -0.1) is 6.58 Å². The van der Waals surface area contributed by atoms with Gasteiger partial charge in [-0.2, -0.15) is 0 Å². The van der Waals surface area contributed by atoms with E-state index in [1.54, 1.807) is 0 Å². The Morgan fingerprint density at radius 2 is 1.17 bits per heavy atom. The number of hydrogen-bond donors (Lipinski definition) is 0. The molecular formula is C21H32O2. The second-order valence-electron chi connectivity index (χ2n) is 6.41. The molecule has 0 aromatic rings. The van der Waals surface area contributed by atoms with Crippen LogP contribution in [0.2, 0.25) is 0 Å². The maximum atomic E-state index is 5.69. The van der Waals surface area contributed by atoms with Crippen LogP contribution in [0.1, 0.15) is 58.3 Å². The van der Waals surface area contributed by atoms with Crippen molar-refractivity contribution in [1.82, 2.24) is 0 Å². The van der Waals surface area contributed by atoms with Gasteiger partial charge in [-0.1, -0.05) is 49.5 Å². The second-order valence-corrected chi connectivity index (χ2v) is 6.41. The Labute approximate surface area is 141 Å². The molecule has 0 amide bonds. The van der Waals surface area contributed by atoms with Crippen molar-refractivity contribution in [2.24, 2.45) is 0 Å². The largest absolute Gasteiger partial charge is 0.369 e. The molecule has 0 radical (unpaired) electrons. The summed E-state index contributed by atoms with van der Waals surface area (Å²) in [5.74, 6) is 0. The predicted molar refractivity (Wildman–Crippen MR) is 97.5 cm³/mol. The van der Waals surface area contributed by atoms with Crippen molar-refractivity contribution in [2.75, 3.05) is 0 Å². The van der Waals surface area contributed by atoms with E-state index in [1.807, 2.05) is 6.08 Å². The van der Waals surface area contributed by atoms with E-state index in [2.05, 4.69) is 50.0 Å². The lowest BCUT2D eigenvalue weighted by atomic mass is 10.1. The lowest BCUT2D eigenvalue weighted by molar-refractivity contribution is 0.369. The highest BCUT2D eigenvalue weighted by Gasteiger charge is 2.37. The van der Waals surface area contributed by atoms with Crippen molar-refractivity contribution in [3.05, 3.63) is 49.1 Å². The lowest BCUT2D eigenvalue weighted by Crippen LogP contribution is -1.92. The standard InChI is InChI=1S/C21H32O2/c1-3-5-7-8-9-11-15-19-21(23-19)17-13-12-16-20-18(22-20)14-10-6-4-2/h3,6,9-13,18-21H,1,4-5,7-8,14-17H2,2H3. The van der Waals surface area contributed by atoms with E-state index in [-0.39, 0.29) is 0 Å². The summed E-state index contributed by atoms with van der Waals surface area (Å²) in [6.45, 7) is 5.90. The minimum Gasteiger partial charge on any atom is -0.369 e. The van der Waals surface area contributed by atoms with Crippen LogP contribution in [0, 0.1) is 0 Å². The fourth-order valence-corrected chi connectivity index (χ4v) is 2.77. The number of ether oxygens (including phenoxy) is 2. The zero-order valence-electron chi connectivity index (χ0n) is 14.5. The average molecular weight is 316 g/mol. The van der Waals surface area contributed by atoms with Crippen molar-refractivity contribution in [2.45, 2.75) is 82.7 Å². The van der Waals surface area contributed by atoms with Gasteiger partial charge in [0.1, 0.15) is 0 Å². The molecule has 4 atom stereocenters. The molecule has 0 bridgehead atoms. The number of hydrogen-bond acceptors (Lipinski definition) is 2. The first-order valence-electron chi connectivity index (χ1n) is 9.22. The van der Waals surface area contributed by atoms with Gasteiger partial charge in [0.05, 0.1) is 24.4 Å². The van der Waals surface area contributed by atoms with E-state index < -0.39 is 0 Å².